The first-order valence-electron chi connectivity index (χ1n) is 10.7. The molecule has 0 aliphatic heterocycles. The summed E-state index contributed by atoms with van der Waals surface area (Å²) in [5.41, 5.74) is 2.64. The van der Waals surface area contributed by atoms with Crippen molar-refractivity contribution in [1.29, 1.82) is 0 Å². The molecule has 6 heteroatoms. The van der Waals surface area contributed by atoms with E-state index in [1.165, 1.54) is 19.0 Å². The number of unbranched alkanes of at least 4 members (excludes halogenated alkanes) is 2. The first-order chi connectivity index (χ1) is 14.5. The van der Waals surface area contributed by atoms with Gasteiger partial charge >= 0.3 is 5.97 Å². The Bertz CT molecular complexity index is 979. The summed E-state index contributed by atoms with van der Waals surface area (Å²) < 4.78 is 2.03. The maximum Gasteiger partial charge on any atom is 0.355 e. The summed E-state index contributed by atoms with van der Waals surface area (Å²) in [6.45, 7) is 7.18. The number of aryl methyl sites for hydroxylation is 1. The first kappa shape index (κ1) is 21.7. The van der Waals surface area contributed by atoms with Crippen LogP contribution in [-0.4, -0.2) is 30.8 Å². The molecule has 0 saturated heterocycles. The molecule has 0 bridgehead atoms. The van der Waals surface area contributed by atoms with E-state index in [0.29, 0.717) is 18.0 Å². The van der Waals surface area contributed by atoms with Crippen LogP contribution in [0.2, 0.25) is 0 Å². The molecule has 3 aromatic rings. The molecule has 0 saturated carbocycles. The summed E-state index contributed by atoms with van der Waals surface area (Å²) in [6, 6.07) is 11.5. The Labute approximate surface area is 178 Å². The fraction of sp³-hybridized carbons (Fsp3) is 0.417. The van der Waals surface area contributed by atoms with Crippen LogP contribution in [0.3, 0.4) is 0 Å². The second-order valence-corrected chi connectivity index (χ2v) is 7.71. The first-order valence-corrected chi connectivity index (χ1v) is 10.7. The highest BCUT2D eigenvalue weighted by molar-refractivity contribution is 5.93. The van der Waals surface area contributed by atoms with Gasteiger partial charge in [0.1, 0.15) is 5.82 Å². The topological polar surface area (TPSA) is 80.9 Å². The van der Waals surface area contributed by atoms with Crippen LogP contribution >= 0.6 is 0 Å². The Balaban J connectivity index is 1.83. The van der Waals surface area contributed by atoms with Crippen molar-refractivity contribution >= 4 is 5.97 Å². The molecule has 0 spiro atoms. The number of rotatable bonds is 10. The molecule has 1 atom stereocenters. The lowest BCUT2D eigenvalue weighted by atomic mass is 10.0. The molecule has 0 aliphatic carbocycles. The Morgan fingerprint density at radius 2 is 1.90 bits per heavy atom. The minimum absolute atomic E-state index is 0.0675. The summed E-state index contributed by atoms with van der Waals surface area (Å²) in [4.78, 5) is 20.3. The maximum atomic E-state index is 11.4. The number of aromatic nitrogens is 4. The maximum absolute atomic E-state index is 11.4. The largest absolute Gasteiger partial charge is 0.476 e. The highest BCUT2D eigenvalue weighted by Gasteiger charge is 2.15. The lowest BCUT2D eigenvalue weighted by molar-refractivity contribution is 0.0691. The Kier molecular flexibility index (Phi) is 7.33. The van der Waals surface area contributed by atoms with E-state index in [1.807, 2.05) is 28.9 Å². The van der Waals surface area contributed by atoms with Gasteiger partial charge in [-0.1, -0.05) is 63.9 Å². The van der Waals surface area contributed by atoms with Crippen molar-refractivity contribution in [3.05, 3.63) is 65.5 Å². The van der Waals surface area contributed by atoms with E-state index < -0.39 is 5.97 Å². The van der Waals surface area contributed by atoms with Gasteiger partial charge in [0.25, 0.3) is 0 Å². The molecule has 1 unspecified atom stereocenters. The molecule has 1 N–H and O–H groups in total. The van der Waals surface area contributed by atoms with Crippen LogP contribution in [0.15, 0.2) is 42.6 Å². The van der Waals surface area contributed by atoms with Gasteiger partial charge in [-0.15, -0.1) is 0 Å². The number of benzene rings is 1. The van der Waals surface area contributed by atoms with Crippen LogP contribution in [0.25, 0.3) is 11.1 Å². The van der Waals surface area contributed by atoms with Crippen LogP contribution < -0.4 is 0 Å². The Morgan fingerprint density at radius 3 is 2.57 bits per heavy atom. The van der Waals surface area contributed by atoms with Crippen LogP contribution in [-0.2, 0) is 13.0 Å². The molecule has 0 aliphatic rings. The molecule has 158 valence electrons. The zero-order valence-electron chi connectivity index (χ0n) is 18.0. The minimum Gasteiger partial charge on any atom is -0.476 e. The number of hydrogen-bond donors (Lipinski definition) is 1. The van der Waals surface area contributed by atoms with Gasteiger partial charge in [0.2, 0.25) is 0 Å². The number of pyridine rings is 1. The molecule has 0 radical (unpaired) electrons. The Hall–Kier alpha value is -3.02. The summed E-state index contributed by atoms with van der Waals surface area (Å²) in [7, 11) is 0. The van der Waals surface area contributed by atoms with Gasteiger partial charge in [0, 0.05) is 24.1 Å². The van der Waals surface area contributed by atoms with E-state index in [1.54, 1.807) is 12.1 Å². The van der Waals surface area contributed by atoms with Crippen molar-refractivity contribution in [2.24, 2.45) is 0 Å². The molecule has 2 aromatic heterocycles. The fourth-order valence-electron chi connectivity index (χ4n) is 3.40. The number of hydrogen-bond acceptors (Lipinski definition) is 4. The normalized spacial score (nSPS) is 12.1. The predicted molar refractivity (Wildman–Crippen MR) is 118 cm³/mol. The number of aromatic carboxylic acids is 1. The highest BCUT2D eigenvalue weighted by atomic mass is 16.4. The lowest BCUT2D eigenvalue weighted by Gasteiger charge is -2.09. The second kappa shape index (κ2) is 10.1. The number of nitrogens with zero attached hydrogens (tertiary/aromatic N) is 4. The van der Waals surface area contributed by atoms with Gasteiger partial charge in [0.15, 0.2) is 11.5 Å². The van der Waals surface area contributed by atoms with Crippen molar-refractivity contribution in [3.63, 3.8) is 0 Å². The Morgan fingerprint density at radius 1 is 1.13 bits per heavy atom. The monoisotopic (exact) mass is 406 g/mol. The molecule has 1 aromatic carbocycles. The zero-order valence-corrected chi connectivity index (χ0v) is 18.0. The summed E-state index contributed by atoms with van der Waals surface area (Å²) in [6.07, 6.45) is 6.95. The average molecular weight is 407 g/mol. The van der Waals surface area contributed by atoms with E-state index in [4.69, 9.17) is 10.1 Å². The van der Waals surface area contributed by atoms with Gasteiger partial charge in [0.05, 0.1) is 6.54 Å². The molecule has 3 rings (SSSR count). The van der Waals surface area contributed by atoms with Crippen molar-refractivity contribution in [2.75, 3.05) is 0 Å². The molecule has 6 nitrogen and oxygen atoms in total. The number of carboxylic acid groups (broad SMARTS) is 1. The van der Waals surface area contributed by atoms with Crippen molar-refractivity contribution in [3.8, 4) is 11.1 Å². The van der Waals surface area contributed by atoms with Gasteiger partial charge in [-0.3, -0.25) is 0 Å². The molecular formula is C24H30N4O2. The number of carbonyl (C=O) groups is 1. The van der Waals surface area contributed by atoms with Crippen LogP contribution in [0.1, 0.15) is 80.1 Å². The van der Waals surface area contributed by atoms with Gasteiger partial charge in [-0.2, -0.15) is 5.10 Å². The van der Waals surface area contributed by atoms with Gasteiger partial charge < -0.3 is 5.11 Å². The predicted octanol–water partition coefficient (Wildman–Crippen LogP) is 5.33. The lowest BCUT2D eigenvalue weighted by Crippen LogP contribution is -2.07. The third-order valence-corrected chi connectivity index (χ3v) is 5.43. The SMILES string of the molecule is CCCCCc1nc(C(C)CC)nn1Cc1ccc(-c2cccnc2C(=O)O)cc1. The van der Waals surface area contributed by atoms with E-state index >= 15 is 0 Å². The van der Waals surface area contributed by atoms with Crippen molar-refractivity contribution < 1.29 is 9.90 Å². The second-order valence-electron chi connectivity index (χ2n) is 7.71. The summed E-state index contributed by atoms with van der Waals surface area (Å²) in [5.74, 6) is 1.29. The van der Waals surface area contributed by atoms with Crippen LogP contribution in [0.4, 0.5) is 0 Å². The number of carboxylic acids is 1. The fourth-order valence-corrected chi connectivity index (χ4v) is 3.40. The van der Waals surface area contributed by atoms with Gasteiger partial charge in [-0.25, -0.2) is 19.4 Å². The molecular weight excluding hydrogens is 376 g/mol. The van der Waals surface area contributed by atoms with E-state index in [9.17, 15) is 9.90 Å². The van der Waals surface area contributed by atoms with Gasteiger partial charge in [-0.05, 0) is 30.0 Å². The molecule has 0 amide bonds. The van der Waals surface area contributed by atoms with Crippen LogP contribution in [0.5, 0.6) is 0 Å². The summed E-state index contributed by atoms with van der Waals surface area (Å²) >= 11 is 0. The highest BCUT2D eigenvalue weighted by Crippen LogP contribution is 2.23. The smallest absolute Gasteiger partial charge is 0.355 e. The van der Waals surface area contributed by atoms with Crippen molar-refractivity contribution in [1.82, 2.24) is 19.7 Å². The molecule has 0 fully saturated rings. The van der Waals surface area contributed by atoms with E-state index in [-0.39, 0.29) is 5.69 Å². The van der Waals surface area contributed by atoms with Crippen molar-refractivity contribution in [2.45, 2.75) is 65.3 Å². The van der Waals surface area contributed by atoms with Crippen LogP contribution in [0, 0.1) is 0 Å². The average Bonchev–Trinajstić information content (AvgIpc) is 3.16. The molecule has 30 heavy (non-hydrogen) atoms. The standard InChI is InChI=1S/C24H30N4O2/c1-4-6-7-10-21-26-23(17(3)5-2)27-28(21)16-18-11-13-19(14-12-18)20-9-8-15-25-22(20)24(29)30/h8-9,11-15,17H,4-7,10,16H2,1-3H3,(H,29,30). The van der Waals surface area contributed by atoms with E-state index in [2.05, 4.69) is 25.8 Å². The van der Waals surface area contributed by atoms with E-state index in [0.717, 1.165) is 42.0 Å². The third-order valence-electron chi connectivity index (χ3n) is 5.43. The minimum atomic E-state index is -1.02. The summed E-state index contributed by atoms with van der Waals surface area (Å²) in [5, 5.41) is 14.2. The zero-order chi connectivity index (χ0) is 21.5. The molecule has 2 heterocycles. The quantitative estimate of drug-likeness (QED) is 0.460. The third kappa shape index (κ3) is 5.12.